The van der Waals surface area contributed by atoms with Crippen LogP contribution in [0.5, 0.6) is 0 Å². The number of rotatable bonds is 3. The van der Waals surface area contributed by atoms with Crippen LogP contribution in [0.1, 0.15) is 11.1 Å². The van der Waals surface area contributed by atoms with Crippen molar-refractivity contribution in [1.29, 1.82) is 0 Å². The minimum Gasteiger partial charge on any atom is -0.398 e. The van der Waals surface area contributed by atoms with Crippen LogP contribution in [0.2, 0.25) is 0 Å². The maximum absolute atomic E-state index is 12.4. The molecular weight excluding hydrogens is 285 g/mol. The number of amides is 1. The van der Waals surface area contributed by atoms with E-state index in [1.807, 2.05) is 6.92 Å². The van der Waals surface area contributed by atoms with Crippen LogP contribution in [0.3, 0.4) is 0 Å². The van der Waals surface area contributed by atoms with Gasteiger partial charge in [-0.3, -0.25) is 9.48 Å². The Morgan fingerprint density at radius 2 is 2.14 bits per heavy atom. The zero-order valence-corrected chi connectivity index (χ0v) is 11.1. The van der Waals surface area contributed by atoms with Crippen molar-refractivity contribution in [3.63, 3.8) is 0 Å². The lowest BCUT2D eigenvalue weighted by molar-refractivity contribution is -0.137. The number of hydrogen-bond donors (Lipinski definition) is 2. The fourth-order valence-corrected chi connectivity index (χ4v) is 1.66. The van der Waals surface area contributed by atoms with E-state index in [1.54, 1.807) is 18.2 Å². The molecule has 0 unspecified atom stereocenters. The SMILES string of the molecule is Cc1ccc(NC(=O)Cn2cc(C(F)(F)F)cn2)cc1N. The maximum atomic E-state index is 12.4. The fourth-order valence-electron chi connectivity index (χ4n) is 1.66. The number of anilines is 2. The van der Waals surface area contributed by atoms with Gasteiger partial charge in [-0.05, 0) is 24.6 Å². The van der Waals surface area contributed by atoms with Crippen molar-refractivity contribution in [2.24, 2.45) is 0 Å². The highest BCUT2D eigenvalue weighted by atomic mass is 19.4. The predicted molar refractivity (Wildman–Crippen MR) is 71.5 cm³/mol. The standard InChI is InChI=1S/C13H13F3N4O/c1-8-2-3-10(4-11(8)17)19-12(21)7-20-6-9(5-18-20)13(14,15)16/h2-6H,7,17H2,1H3,(H,19,21). The molecule has 0 radical (unpaired) electrons. The molecule has 0 saturated carbocycles. The van der Waals surface area contributed by atoms with E-state index in [0.717, 1.165) is 16.4 Å². The van der Waals surface area contributed by atoms with Crippen LogP contribution in [0.4, 0.5) is 24.5 Å². The number of hydrogen-bond acceptors (Lipinski definition) is 3. The van der Waals surface area contributed by atoms with Gasteiger partial charge in [-0.2, -0.15) is 18.3 Å². The number of aryl methyl sites for hydroxylation is 1. The Hall–Kier alpha value is -2.51. The summed E-state index contributed by atoms with van der Waals surface area (Å²) >= 11 is 0. The van der Waals surface area contributed by atoms with Gasteiger partial charge in [0.2, 0.25) is 5.91 Å². The van der Waals surface area contributed by atoms with E-state index < -0.39 is 17.6 Å². The zero-order valence-electron chi connectivity index (χ0n) is 11.1. The quantitative estimate of drug-likeness (QED) is 0.855. The first-order valence-corrected chi connectivity index (χ1v) is 6.01. The molecule has 0 aliphatic rings. The average molecular weight is 298 g/mol. The number of aromatic nitrogens is 2. The van der Waals surface area contributed by atoms with Crippen molar-refractivity contribution < 1.29 is 18.0 Å². The Morgan fingerprint density at radius 1 is 1.43 bits per heavy atom. The Kier molecular flexibility index (Phi) is 3.88. The minimum absolute atomic E-state index is 0.316. The number of halogens is 3. The van der Waals surface area contributed by atoms with Gasteiger partial charge < -0.3 is 11.1 Å². The van der Waals surface area contributed by atoms with Gasteiger partial charge in [-0.15, -0.1) is 0 Å². The molecular formula is C13H13F3N4O. The number of nitrogens with zero attached hydrogens (tertiary/aromatic N) is 2. The monoisotopic (exact) mass is 298 g/mol. The second-order valence-electron chi connectivity index (χ2n) is 4.54. The molecule has 1 aromatic heterocycles. The van der Waals surface area contributed by atoms with Crippen molar-refractivity contribution in [3.8, 4) is 0 Å². The number of nitrogens with two attached hydrogens (primary N) is 1. The summed E-state index contributed by atoms with van der Waals surface area (Å²) in [5.74, 6) is -0.491. The molecule has 0 spiro atoms. The van der Waals surface area contributed by atoms with Crippen molar-refractivity contribution in [2.75, 3.05) is 11.1 Å². The van der Waals surface area contributed by atoms with Crippen LogP contribution in [0, 0.1) is 6.92 Å². The van der Waals surface area contributed by atoms with Gasteiger partial charge in [-0.25, -0.2) is 0 Å². The third-order valence-corrected chi connectivity index (χ3v) is 2.83. The topological polar surface area (TPSA) is 72.9 Å². The predicted octanol–water partition coefficient (Wildman–Crippen LogP) is 2.43. The largest absolute Gasteiger partial charge is 0.419 e. The highest BCUT2D eigenvalue weighted by molar-refractivity contribution is 5.91. The second kappa shape index (κ2) is 5.47. The van der Waals surface area contributed by atoms with Crippen LogP contribution in [0.25, 0.3) is 0 Å². The normalized spacial score (nSPS) is 11.4. The number of nitrogens with one attached hydrogen (secondary N) is 1. The van der Waals surface area contributed by atoms with E-state index in [-0.39, 0.29) is 6.54 Å². The number of carbonyl (C=O) groups excluding carboxylic acids is 1. The molecule has 5 nitrogen and oxygen atoms in total. The molecule has 0 bridgehead atoms. The Labute approximate surface area is 118 Å². The summed E-state index contributed by atoms with van der Waals surface area (Å²) in [5, 5.41) is 6.05. The number of benzene rings is 1. The average Bonchev–Trinajstić information content (AvgIpc) is 2.82. The van der Waals surface area contributed by atoms with Crippen LogP contribution in [0.15, 0.2) is 30.6 Å². The molecule has 0 aliphatic heterocycles. The summed E-state index contributed by atoms with van der Waals surface area (Å²) in [6.07, 6.45) is -3.01. The molecule has 8 heteroatoms. The first-order chi connectivity index (χ1) is 9.75. The lowest BCUT2D eigenvalue weighted by atomic mass is 10.2. The molecule has 0 fully saturated rings. The van der Waals surface area contributed by atoms with E-state index >= 15 is 0 Å². The summed E-state index contributed by atoms with van der Waals surface area (Å²) in [7, 11) is 0. The van der Waals surface area contributed by atoms with Crippen LogP contribution < -0.4 is 11.1 Å². The molecule has 1 aromatic carbocycles. The highest BCUT2D eigenvalue weighted by Crippen LogP contribution is 2.28. The van der Waals surface area contributed by atoms with Gasteiger partial charge in [0.15, 0.2) is 0 Å². The molecule has 0 atom stereocenters. The molecule has 1 amide bonds. The second-order valence-corrected chi connectivity index (χ2v) is 4.54. The van der Waals surface area contributed by atoms with Gasteiger partial charge in [0.25, 0.3) is 0 Å². The number of nitrogen functional groups attached to an aromatic ring is 1. The van der Waals surface area contributed by atoms with Crippen molar-refractivity contribution >= 4 is 17.3 Å². The fraction of sp³-hybridized carbons (Fsp3) is 0.231. The lowest BCUT2D eigenvalue weighted by Crippen LogP contribution is -2.19. The van der Waals surface area contributed by atoms with E-state index in [2.05, 4.69) is 10.4 Å². The maximum Gasteiger partial charge on any atom is 0.419 e. The number of alkyl halides is 3. The Morgan fingerprint density at radius 3 is 2.71 bits per heavy atom. The van der Waals surface area contributed by atoms with Crippen molar-refractivity contribution in [3.05, 3.63) is 41.7 Å². The lowest BCUT2D eigenvalue weighted by Gasteiger charge is -2.07. The Balaban J connectivity index is 2.01. The summed E-state index contributed by atoms with van der Waals surface area (Å²) < 4.78 is 38.1. The van der Waals surface area contributed by atoms with Crippen LogP contribution >= 0.6 is 0 Å². The summed E-state index contributed by atoms with van der Waals surface area (Å²) in [5.41, 5.74) is 6.68. The molecule has 2 rings (SSSR count). The minimum atomic E-state index is -4.47. The first kappa shape index (κ1) is 14.9. The van der Waals surface area contributed by atoms with E-state index in [9.17, 15) is 18.0 Å². The smallest absolute Gasteiger partial charge is 0.398 e. The molecule has 1 heterocycles. The van der Waals surface area contributed by atoms with Crippen molar-refractivity contribution in [1.82, 2.24) is 9.78 Å². The third kappa shape index (κ3) is 3.74. The molecule has 0 saturated heterocycles. The molecule has 3 N–H and O–H groups in total. The van der Waals surface area contributed by atoms with E-state index in [1.165, 1.54) is 0 Å². The molecule has 2 aromatic rings. The highest BCUT2D eigenvalue weighted by Gasteiger charge is 2.32. The molecule has 21 heavy (non-hydrogen) atoms. The first-order valence-electron chi connectivity index (χ1n) is 6.01. The molecule has 0 aliphatic carbocycles. The van der Waals surface area contributed by atoms with Gasteiger partial charge in [-0.1, -0.05) is 6.07 Å². The van der Waals surface area contributed by atoms with Crippen molar-refractivity contribution in [2.45, 2.75) is 19.6 Å². The summed E-state index contributed by atoms with van der Waals surface area (Å²) in [6.45, 7) is 1.51. The van der Waals surface area contributed by atoms with E-state index in [4.69, 9.17) is 5.73 Å². The van der Waals surface area contributed by atoms with Gasteiger partial charge >= 0.3 is 6.18 Å². The number of carbonyl (C=O) groups is 1. The molecule has 112 valence electrons. The van der Waals surface area contributed by atoms with E-state index in [0.29, 0.717) is 17.6 Å². The summed E-state index contributed by atoms with van der Waals surface area (Å²) in [6, 6.07) is 4.98. The zero-order chi connectivity index (χ0) is 15.6. The van der Waals surface area contributed by atoms with Gasteiger partial charge in [0, 0.05) is 17.6 Å². The van der Waals surface area contributed by atoms with Gasteiger partial charge in [0.1, 0.15) is 6.54 Å². The Bertz CT molecular complexity index is 664. The van der Waals surface area contributed by atoms with Crippen LogP contribution in [-0.4, -0.2) is 15.7 Å². The summed E-state index contributed by atoms with van der Waals surface area (Å²) in [4.78, 5) is 11.7. The van der Waals surface area contributed by atoms with Crippen LogP contribution in [-0.2, 0) is 17.5 Å². The third-order valence-electron chi connectivity index (χ3n) is 2.83. The van der Waals surface area contributed by atoms with Gasteiger partial charge in [0.05, 0.1) is 11.8 Å².